The molecule has 0 spiro atoms. The summed E-state index contributed by atoms with van der Waals surface area (Å²) >= 11 is 1.59. The van der Waals surface area contributed by atoms with Crippen LogP contribution >= 0.6 is 11.8 Å². The van der Waals surface area contributed by atoms with Crippen molar-refractivity contribution < 1.29 is 4.92 Å². The van der Waals surface area contributed by atoms with E-state index in [-0.39, 0.29) is 10.6 Å². The lowest BCUT2D eigenvalue weighted by Gasteiger charge is -2.10. The van der Waals surface area contributed by atoms with Gasteiger partial charge in [0.1, 0.15) is 0 Å². The van der Waals surface area contributed by atoms with Crippen LogP contribution in [0.3, 0.4) is 0 Å². The minimum Gasteiger partial charge on any atom is -0.319 e. The van der Waals surface area contributed by atoms with Crippen molar-refractivity contribution in [1.29, 1.82) is 0 Å². The van der Waals surface area contributed by atoms with Crippen molar-refractivity contribution in [2.24, 2.45) is 0 Å². The molecule has 5 heteroatoms. The first kappa shape index (κ1) is 15.4. The zero-order valence-electron chi connectivity index (χ0n) is 12.9. The van der Waals surface area contributed by atoms with Gasteiger partial charge in [0.15, 0.2) is 0 Å². The van der Waals surface area contributed by atoms with E-state index in [2.05, 4.69) is 54.8 Å². The lowest BCUT2D eigenvalue weighted by molar-refractivity contribution is -0.384. The molecule has 0 saturated carbocycles. The van der Waals surface area contributed by atoms with Crippen LogP contribution in [0.2, 0.25) is 0 Å². The highest BCUT2D eigenvalue weighted by molar-refractivity contribution is 7.99. The lowest BCUT2D eigenvalue weighted by Crippen LogP contribution is -1.97. The van der Waals surface area contributed by atoms with Gasteiger partial charge in [0, 0.05) is 39.0 Å². The normalized spacial score (nSPS) is 10.7. The van der Waals surface area contributed by atoms with E-state index in [1.807, 2.05) is 0 Å². The molecule has 0 saturated heterocycles. The molecule has 2 aromatic carbocycles. The Kier molecular flexibility index (Phi) is 4.21. The van der Waals surface area contributed by atoms with Crippen molar-refractivity contribution in [1.82, 2.24) is 4.57 Å². The molecule has 0 unspecified atom stereocenters. The number of benzene rings is 2. The summed E-state index contributed by atoms with van der Waals surface area (Å²) in [5.41, 5.74) is 3.66. The van der Waals surface area contributed by atoms with Crippen LogP contribution in [-0.2, 0) is 0 Å². The highest BCUT2D eigenvalue weighted by atomic mass is 32.2. The standard InChI is InChI=1S/C18H16N2O2S/c1-13-3-4-14(2)19(13)15-5-9-17(10-6-15)23-18-11-7-16(8-12-18)20(21)22/h3-12H,1-2H3. The smallest absolute Gasteiger partial charge is 0.269 e. The maximum absolute atomic E-state index is 10.7. The number of nitro groups is 1. The fourth-order valence-electron chi connectivity index (χ4n) is 2.51. The highest BCUT2D eigenvalue weighted by Crippen LogP contribution is 2.30. The van der Waals surface area contributed by atoms with Gasteiger partial charge in [-0.3, -0.25) is 10.1 Å². The Morgan fingerprint density at radius 3 is 1.78 bits per heavy atom. The van der Waals surface area contributed by atoms with Crippen molar-refractivity contribution in [3.8, 4) is 5.69 Å². The van der Waals surface area contributed by atoms with E-state index in [1.54, 1.807) is 23.9 Å². The number of hydrogen-bond donors (Lipinski definition) is 0. The summed E-state index contributed by atoms with van der Waals surface area (Å²) in [5, 5.41) is 10.7. The Labute approximate surface area is 138 Å². The first-order valence-corrected chi connectivity index (χ1v) is 8.04. The van der Waals surface area contributed by atoms with Crippen LogP contribution in [0.25, 0.3) is 5.69 Å². The van der Waals surface area contributed by atoms with Gasteiger partial charge in [0.05, 0.1) is 4.92 Å². The van der Waals surface area contributed by atoms with Crippen molar-refractivity contribution >= 4 is 17.4 Å². The molecule has 0 fully saturated rings. The maximum Gasteiger partial charge on any atom is 0.269 e. The highest BCUT2D eigenvalue weighted by Gasteiger charge is 2.06. The van der Waals surface area contributed by atoms with Gasteiger partial charge in [-0.25, -0.2) is 0 Å². The molecule has 0 N–H and O–H groups in total. The molecule has 0 bridgehead atoms. The van der Waals surface area contributed by atoms with Gasteiger partial charge in [0.25, 0.3) is 5.69 Å². The summed E-state index contributed by atoms with van der Waals surface area (Å²) < 4.78 is 2.21. The van der Waals surface area contributed by atoms with Crippen LogP contribution in [0, 0.1) is 24.0 Å². The van der Waals surface area contributed by atoms with Crippen molar-refractivity contribution in [3.05, 3.63) is 82.2 Å². The second-order valence-corrected chi connectivity index (χ2v) is 6.45. The summed E-state index contributed by atoms with van der Waals surface area (Å²) in [4.78, 5) is 12.4. The predicted molar refractivity (Wildman–Crippen MR) is 92.5 cm³/mol. The quantitative estimate of drug-likeness (QED) is 0.492. The molecular weight excluding hydrogens is 308 g/mol. The van der Waals surface area contributed by atoms with Gasteiger partial charge in [-0.05, 0) is 62.4 Å². The second kappa shape index (κ2) is 6.30. The summed E-state index contributed by atoms with van der Waals surface area (Å²) in [6.45, 7) is 4.18. The number of rotatable bonds is 4. The Bertz CT molecular complexity index is 817. The van der Waals surface area contributed by atoms with Crippen molar-refractivity contribution in [3.63, 3.8) is 0 Å². The number of aryl methyl sites for hydroxylation is 2. The summed E-state index contributed by atoms with van der Waals surface area (Å²) in [6.07, 6.45) is 0. The third-order valence-electron chi connectivity index (χ3n) is 3.65. The maximum atomic E-state index is 10.7. The first-order chi connectivity index (χ1) is 11.0. The predicted octanol–water partition coefficient (Wildman–Crippen LogP) is 5.15. The third kappa shape index (κ3) is 3.29. The van der Waals surface area contributed by atoms with E-state index >= 15 is 0 Å². The van der Waals surface area contributed by atoms with Gasteiger partial charge >= 0.3 is 0 Å². The van der Waals surface area contributed by atoms with E-state index in [0.717, 1.165) is 15.5 Å². The van der Waals surface area contributed by atoms with E-state index in [9.17, 15) is 10.1 Å². The van der Waals surface area contributed by atoms with E-state index in [4.69, 9.17) is 0 Å². The molecule has 1 heterocycles. The van der Waals surface area contributed by atoms with Gasteiger partial charge in [0.2, 0.25) is 0 Å². The number of aromatic nitrogens is 1. The van der Waals surface area contributed by atoms with Crippen LogP contribution in [-0.4, -0.2) is 9.49 Å². The van der Waals surface area contributed by atoms with Gasteiger partial charge in [-0.15, -0.1) is 0 Å². The minimum absolute atomic E-state index is 0.114. The average Bonchev–Trinajstić information content (AvgIpc) is 2.88. The molecule has 1 aromatic heterocycles. The number of hydrogen-bond acceptors (Lipinski definition) is 3. The number of nitro benzene ring substituents is 1. The molecule has 0 aliphatic heterocycles. The second-order valence-electron chi connectivity index (χ2n) is 5.30. The van der Waals surface area contributed by atoms with Gasteiger partial charge < -0.3 is 4.57 Å². The average molecular weight is 324 g/mol. The lowest BCUT2D eigenvalue weighted by atomic mass is 10.3. The third-order valence-corrected chi connectivity index (χ3v) is 4.67. The van der Waals surface area contributed by atoms with E-state index in [1.165, 1.54) is 23.5 Å². The number of nitrogens with zero attached hydrogens (tertiary/aromatic N) is 2. The summed E-state index contributed by atoms with van der Waals surface area (Å²) in [6, 6.07) is 19.1. The van der Waals surface area contributed by atoms with Crippen LogP contribution in [0.1, 0.15) is 11.4 Å². The fourth-order valence-corrected chi connectivity index (χ4v) is 3.33. The zero-order valence-corrected chi connectivity index (χ0v) is 13.7. The largest absolute Gasteiger partial charge is 0.319 e. The molecule has 0 radical (unpaired) electrons. The Hall–Kier alpha value is -2.53. The number of non-ortho nitro benzene ring substituents is 1. The van der Waals surface area contributed by atoms with Crippen molar-refractivity contribution in [2.75, 3.05) is 0 Å². The van der Waals surface area contributed by atoms with Crippen LogP contribution in [0.5, 0.6) is 0 Å². The van der Waals surface area contributed by atoms with Crippen LogP contribution in [0.4, 0.5) is 5.69 Å². The fraction of sp³-hybridized carbons (Fsp3) is 0.111. The summed E-state index contributed by atoms with van der Waals surface area (Å²) in [7, 11) is 0. The molecule has 0 atom stereocenters. The summed E-state index contributed by atoms with van der Waals surface area (Å²) in [5.74, 6) is 0. The van der Waals surface area contributed by atoms with E-state index in [0.29, 0.717) is 0 Å². The molecule has 0 aliphatic carbocycles. The van der Waals surface area contributed by atoms with Crippen molar-refractivity contribution in [2.45, 2.75) is 23.6 Å². The van der Waals surface area contributed by atoms with Gasteiger partial charge in [-0.1, -0.05) is 11.8 Å². The first-order valence-electron chi connectivity index (χ1n) is 7.22. The monoisotopic (exact) mass is 324 g/mol. The molecule has 116 valence electrons. The Morgan fingerprint density at radius 2 is 1.30 bits per heavy atom. The van der Waals surface area contributed by atoms with Crippen LogP contribution < -0.4 is 0 Å². The van der Waals surface area contributed by atoms with Gasteiger partial charge in [-0.2, -0.15) is 0 Å². The zero-order chi connectivity index (χ0) is 16.4. The molecule has 4 nitrogen and oxygen atoms in total. The molecule has 0 amide bonds. The molecule has 0 aliphatic rings. The molecule has 23 heavy (non-hydrogen) atoms. The molecule has 3 aromatic rings. The topological polar surface area (TPSA) is 48.1 Å². The molecular formula is C18H16N2O2S. The minimum atomic E-state index is -0.384. The Balaban J connectivity index is 1.79. The SMILES string of the molecule is Cc1ccc(C)n1-c1ccc(Sc2ccc([N+](=O)[O-])cc2)cc1. The molecule has 3 rings (SSSR count). The Morgan fingerprint density at radius 1 is 0.826 bits per heavy atom. The van der Waals surface area contributed by atoms with E-state index < -0.39 is 0 Å². The van der Waals surface area contributed by atoms with Crippen LogP contribution in [0.15, 0.2) is 70.5 Å².